The molecule has 3 aromatic rings. The van der Waals surface area contributed by atoms with Crippen molar-refractivity contribution >= 4 is 37.5 Å². The molecule has 2 aliphatic carbocycles. The number of alkyl halides is 2. The number of aryl methyl sites for hydroxylation is 1. The molecule has 1 aliphatic heterocycles. The smallest absolute Gasteiger partial charge is 0.254 e. The van der Waals surface area contributed by atoms with E-state index in [1.165, 1.54) is 4.31 Å². The Morgan fingerprint density at radius 3 is 2.53 bits per heavy atom. The van der Waals surface area contributed by atoms with Crippen molar-refractivity contribution in [3.63, 3.8) is 0 Å². The molecule has 0 N–H and O–H groups in total. The van der Waals surface area contributed by atoms with Crippen molar-refractivity contribution in [2.75, 3.05) is 6.54 Å². The molecule has 1 spiro atoms. The molecule has 6 nitrogen and oxygen atoms in total. The molecular weight excluding hydrogens is 528 g/mol. The second kappa shape index (κ2) is 9.34. The predicted octanol–water partition coefficient (Wildman–Crippen LogP) is 5.75. The van der Waals surface area contributed by atoms with E-state index in [1.807, 2.05) is 25.1 Å². The number of hydrogen-bond acceptors (Lipinski definition) is 5. The summed E-state index contributed by atoms with van der Waals surface area (Å²) < 4.78 is 57.7. The van der Waals surface area contributed by atoms with Gasteiger partial charge in [-0.05, 0) is 75.3 Å². The number of carbonyl (C=O) groups is 1. The van der Waals surface area contributed by atoms with Crippen LogP contribution in [0.4, 0.5) is 8.78 Å². The summed E-state index contributed by atoms with van der Waals surface area (Å²) in [6, 6.07) is 11.6. The van der Waals surface area contributed by atoms with E-state index in [4.69, 9.17) is 0 Å². The summed E-state index contributed by atoms with van der Waals surface area (Å²) in [7, 11) is -3.85. The predicted molar refractivity (Wildman–Crippen MR) is 143 cm³/mol. The van der Waals surface area contributed by atoms with Crippen LogP contribution >= 0.6 is 11.3 Å². The molecule has 2 heterocycles. The molecule has 38 heavy (non-hydrogen) atoms. The molecule has 0 bridgehead atoms. The highest BCUT2D eigenvalue weighted by Gasteiger charge is 2.70. The lowest BCUT2D eigenvalue weighted by Gasteiger charge is -2.39. The first kappa shape index (κ1) is 25.8. The van der Waals surface area contributed by atoms with Crippen LogP contribution in [0.2, 0.25) is 0 Å². The van der Waals surface area contributed by atoms with E-state index in [-0.39, 0.29) is 29.8 Å². The summed E-state index contributed by atoms with van der Waals surface area (Å²) in [5, 5.41) is 0. The fourth-order valence-corrected chi connectivity index (χ4v) is 8.60. The third kappa shape index (κ3) is 4.44. The molecule has 2 saturated carbocycles. The fraction of sp³-hybridized carbons (Fsp3) is 0.500. The minimum atomic E-state index is -3.85. The van der Waals surface area contributed by atoms with Gasteiger partial charge in [-0.3, -0.25) is 4.79 Å². The van der Waals surface area contributed by atoms with E-state index in [1.54, 1.807) is 46.0 Å². The SMILES string of the molecule is Cc1ccc(S(=O)(=O)N2CCCC2C(=O)N(Cc2ccc3scnc3c2)C2CCC3(CC2)CC3(F)F)cc1. The average molecular weight is 560 g/mol. The third-order valence-electron chi connectivity index (χ3n) is 8.71. The minimum absolute atomic E-state index is 0.0631. The number of fused-ring (bicyclic) bond motifs is 1. The van der Waals surface area contributed by atoms with Gasteiger partial charge < -0.3 is 4.90 Å². The Morgan fingerprint density at radius 1 is 1.13 bits per heavy atom. The fourth-order valence-electron chi connectivity index (χ4n) is 6.29. The molecule has 1 unspecified atom stereocenters. The molecule has 2 aromatic carbocycles. The highest BCUT2D eigenvalue weighted by Crippen LogP contribution is 2.67. The molecule has 6 rings (SSSR count). The molecular formula is C28H31F2N3O3S2. The summed E-state index contributed by atoms with van der Waals surface area (Å²) in [4.78, 5) is 20.5. The summed E-state index contributed by atoms with van der Waals surface area (Å²) >= 11 is 1.54. The number of amides is 1. The maximum absolute atomic E-state index is 14.2. The minimum Gasteiger partial charge on any atom is -0.334 e. The van der Waals surface area contributed by atoms with E-state index in [0.717, 1.165) is 21.3 Å². The lowest BCUT2D eigenvalue weighted by molar-refractivity contribution is -0.139. The van der Waals surface area contributed by atoms with Gasteiger partial charge in [0.25, 0.3) is 5.92 Å². The monoisotopic (exact) mass is 559 g/mol. The van der Waals surface area contributed by atoms with Crippen molar-refractivity contribution in [2.45, 2.75) is 81.3 Å². The van der Waals surface area contributed by atoms with Crippen molar-refractivity contribution in [1.29, 1.82) is 0 Å². The number of sulfonamides is 1. The normalized spacial score (nSPS) is 27.1. The molecule has 1 atom stereocenters. The molecule has 3 fully saturated rings. The zero-order valence-electron chi connectivity index (χ0n) is 21.3. The van der Waals surface area contributed by atoms with Gasteiger partial charge in [-0.1, -0.05) is 23.8 Å². The Labute approximate surface area is 225 Å². The van der Waals surface area contributed by atoms with Crippen LogP contribution in [0.25, 0.3) is 10.2 Å². The van der Waals surface area contributed by atoms with Crippen LogP contribution < -0.4 is 0 Å². The van der Waals surface area contributed by atoms with Crippen LogP contribution in [0.1, 0.15) is 56.1 Å². The standard InChI is InChI=1S/C28H31F2N3O3S2/c1-19-4-7-22(8-5-19)38(35,36)33-14-2-3-24(33)26(34)32(16-20-6-9-25-23(15-20)31-18-37-25)21-10-12-27(13-11-21)17-28(27,29)30/h4-9,15,18,21,24H,2-3,10-14,16-17H2,1H3. The van der Waals surface area contributed by atoms with E-state index >= 15 is 0 Å². The zero-order valence-corrected chi connectivity index (χ0v) is 22.9. The van der Waals surface area contributed by atoms with Gasteiger partial charge in [-0.15, -0.1) is 11.3 Å². The van der Waals surface area contributed by atoms with Crippen LogP contribution in [-0.2, 0) is 21.4 Å². The highest BCUT2D eigenvalue weighted by atomic mass is 32.2. The van der Waals surface area contributed by atoms with Crippen molar-refractivity contribution in [2.24, 2.45) is 5.41 Å². The van der Waals surface area contributed by atoms with Gasteiger partial charge >= 0.3 is 0 Å². The Hall–Kier alpha value is -2.43. The highest BCUT2D eigenvalue weighted by molar-refractivity contribution is 7.89. The number of rotatable bonds is 6. The van der Waals surface area contributed by atoms with Crippen LogP contribution in [0.5, 0.6) is 0 Å². The topological polar surface area (TPSA) is 70.6 Å². The summed E-state index contributed by atoms with van der Waals surface area (Å²) in [5.41, 5.74) is 3.58. The molecule has 202 valence electrons. The molecule has 1 amide bonds. The Morgan fingerprint density at radius 2 is 1.84 bits per heavy atom. The van der Waals surface area contributed by atoms with Gasteiger partial charge in [-0.25, -0.2) is 22.2 Å². The van der Waals surface area contributed by atoms with Crippen molar-refractivity contribution in [3.05, 3.63) is 59.1 Å². The molecule has 1 aromatic heterocycles. The van der Waals surface area contributed by atoms with Crippen LogP contribution in [0.3, 0.4) is 0 Å². The van der Waals surface area contributed by atoms with Gasteiger partial charge in [-0.2, -0.15) is 4.31 Å². The zero-order chi connectivity index (χ0) is 26.7. The average Bonchev–Trinajstić information content (AvgIpc) is 3.34. The molecule has 0 radical (unpaired) electrons. The van der Waals surface area contributed by atoms with Crippen LogP contribution in [-0.4, -0.2) is 53.1 Å². The number of carbonyl (C=O) groups excluding carboxylic acids is 1. The first-order chi connectivity index (χ1) is 18.1. The third-order valence-corrected chi connectivity index (χ3v) is 11.4. The van der Waals surface area contributed by atoms with Gasteiger partial charge in [0, 0.05) is 31.0 Å². The number of halogens is 2. The Balaban J connectivity index is 1.28. The number of nitrogens with zero attached hydrogens (tertiary/aromatic N) is 3. The van der Waals surface area contributed by atoms with Gasteiger partial charge in [0.1, 0.15) is 6.04 Å². The van der Waals surface area contributed by atoms with E-state index in [9.17, 15) is 22.0 Å². The summed E-state index contributed by atoms with van der Waals surface area (Å²) in [6.45, 7) is 2.48. The number of hydrogen-bond donors (Lipinski definition) is 0. The summed E-state index contributed by atoms with van der Waals surface area (Å²) in [6.07, 6.45) is 2.74. The molecule has 10 heteroatoms. The number of aromatic nitrogens is 1. The lowest BCUT2D eigenvalue weighted by Crippen LogP contribution is -2.51. The van der Waals surface area contributed by atoms with Gasteiger partial charge in [0.2, 0.25) is 15.9 Å². The maximum Gasteiger partial charge on any atom is 0.254 e. The van der Waals surface area contributed by atoms with E-state index < -0.39 is 27.4 Å². The van der Waals surface area contributed by atoms with Gasteiger partial charge in [0.15, 0.2) is 0 Å². The quantitative estimate of drug-likeness (QED) is 0.385. The first-order valence-electron chi connectivity index (χ1n) is 13.2. The van der Waals surface area contributed by atoms with Crippen molar-refractivity contribution in [3.8, 4) is 0 Å². The van der Waals surface area contributed by atoms with Crippen molar-refractivity contribution in [1.82, 2.24) is 14.2 Å². The molecule has 1 saturated heterocycles. The van der Waals surface area contributed by atoms with Crippen molar-refractivity contribution < 1.29 is 22.0 Å². The molecule has 3 aliphatic rings. The van der Waals surface area contributed by atoms with E-state index in [2.05, 4.69) is 4.98 Å². The Kier molecular flexibility index (Phi) is 6.35. The van der Waals surface area contributed by atoms with Gasteiger partial charge in [0.05, 0.1) is 20.6 Å². The van der Waals surface area contributed by atoms with Crippen LogP contribution in [0.15, 0.2) is 52.9 Å². The Bertz CT molecular complexity index is 1460. The van der Waals surface area contributed by atoms with Crippen LogP contribution in [0, 0.1) is 12.3 Å². The second-order valence-electron chi connectivity index (χ2n) is 11.1. The summed E-state index contributed by atoms with van der Waals surface area (Å²) in [5.74, 6) is -2.84. The second-order valence-corrected chi connectivity index (χ2v) is 13.9. The maximum atomic E-state index is 14.2. The largest absolute Gasteiger partial charge is 0.334 e. The lowest BCUT2D eigenvalue weighted by atomic mass is 9.82. The van der Waals surface area contributed by atoms with E-state index in [0.29, 0.717) is 45.1 Å². The number of benzene rings is 2. The number of thiazole rings is 1. The first-order valence-corrected chi connectivity index (χ1v) is 15.5.